The predicted octanol–water partition coefficient (Wildman–Crippen LogP) is 20.8. The van der Waals surface area contributed by atoms with Crippen molar-refractivity contribution in [2.45, 2.75) is 230 Å². The molecule has 8 aromatic rings. The molecule has 16 saturated carbocycles. The maximum Gasteiger partial charge on any atom is 0.344 e. The average Bonchev–Trinajstić information content (AvgIpc) is 0.720. The summed E-state index contributed by atoms with van der Waals surface area (Å²) in [5.41, 5.74) is 1.84. The van der Waals surface area contributed by atoms with Crippen LogP contribution in [0, 0.1) is 92.7 Å². The summed E-state index contributed by atoms with van der Waals surface area (Å²) in [5, 5.41) is 53.2. The Morgan fingerprint density at radius 1 is 0.250 bits per heavy atom. The zero-order valence-corrected chi connectivity index (χ0v) is 82.0. The number of hydrogen-bond donors (Lipinski definition) is 4. The van der Waals surface area contributed by atoms with Crippen LogP contribution in [0.15, 0.2) is 146 Å². The standard InChI is InChI=1S/C116H128O24/c1-109-45-61-29-73(49-109)113(5,74(30-61)50-109)137-97(121)57-133-105(125)69-21-13-65(14-22-69)101-81-37-86(94(130-10)41-89(81)117)103(67-17-25-71(26-18-67)107(127)135-59-99(123)139-115(7)77-33-63-34-78(115)54-111(3,47-63)53-77)83-39-88(96(132-12)43-91(83)119)104(68-19-27-72(28-20-68)108(128)136-60-100(124)140-116(8)79-35-64-36-80(116)56-112(4,48-64)55-79)84-40-87(95(131-11)44-92(84)120)102(82-38-85(101)93(129-9)42-90(82)118)66-15-23-70(24-16-66)106(126)134-58-98(122)138-114(6)75-31-62-32-76(114)52-110(2,46-62)51-75/h13-28,37-44,61-64,73-80,101-104,117-120H,29-36,45-60H2,1-12H3. The van der Waals surface area contributed by atoms with Crippen molar-refractivity contribution in [1.82, 2.24) is 0 Å². The van der Waals surface area contributed by atoms with Gasteiger partial charge in [0.05, 0.1) is 50.7 Å². The average molecular weight is 1910 g/mol. The zero-order chi connectivity index (χ0) is 98.1. The molecule has 17 aliphatic carbocycles. The fourth-order valence-electron chi connectivity index (χ4n) is 31.2. The molecule has 0 radical (unpaired) electrons. The van der Waals surface area contributed by atoms with Crippen molar-refractivity contribution in [2.24, 2.45) is 92.7 Å². The van der Waals surface area contributed by atoms with Gasteiger partial charge in [-0.15, -0.1) is 0 Å². The van der Waals surface area contributed by atoms with Crippen LogP contribution in [0.5, 0.6) is 46.0 Å². The molecule has 24 nitrogen and oxygen atoms in total. The quantitative estimate of drug-likeness (QED) is 0.0322. The number of benzene rings is 8. The number of hydrogen-bond acceptors (Lipinski definition) is 24. The molecule has 0 aliphatic heterocycles. The van der Waals surface area contributed by atoms with Crippen LogP contribution >= 0.6 is 0 Å². The van der Waals surface area contributed by atoms with Crippen LogP contribution in [0.4, 0.5) is 0 Å². The second kappa shape index (κ2) is 35.0. The van der Waals surface area contributed by atoms with Crippen molar-refractivity contribution in [2.75, 3.05) is 54.9 Å². The number of methoxy groups -OCH3 is 4. The molecule has 140 heavy (non-hydrogen) atoms. The largest absolute Gasteiger partial charge is 0.507 e. The van der Waals surface area contributed by atoms with Crippen LogP contribution in [0.2, 0.25) is 0 Å². The molecule has 12 atom stereocenters. The molecule has 0 heterocycles. The molecule has 8 aromatic carbocycles. The van der Waals surface area contributed by atoms with Crippen molar-refractivity contribution < 1.29 is 116 Å². The van der Waals surface area contributed by atoms with Gasteiger partial charge in [0, 0.05) is 92.4 Å². The molecule has 0 spiro atoms. The summed E-state index contributed by atoms with van der Waals surface area (Å²) in [7, 11) is 5.69. The van der Waals surface area contributed by atoms with E-state index in [4.69, 9.17) is 56.8 Å². The first-order chi connectivity index (χ1) is 66.7. The van der Waals surface area contributed by atoms with Gasteiger partial charge in [0.1, 0.15) is 68.4 Å². The monoisotopic (exact) mass is 1900 g/mol. The van der Waals surface area contributed by atoms with E-state index in [2.05, 4.69) is 27.7 Å². The summed E-state index contributed by atoms with van der Waals surface area (Å²) < 4.78 is 74.3. The van der Waals surface area contributed by atoms with Gasteiger partial charge in [-0.05, 0) is 344 Å². The number of rotatable bonds is 24. The van der Waals surface area contributed by atoms with E-state index in [9.17, 15) is 58.8 Å². The molecule has 24 heteroatoms. The van der Waals surface area contributed by atoms with Gasteiger partial charge in [-0.25, -0.2) is 38.4 Å². The zero-order valence-electron chi connectivity index (χ0n) is 82.0. The molecule has 0 saturated heterocycles. The molecule has 12 unspecified atom stereocenters. The number of aromatic hydroxyl groups is 4. The van der Waals surface area contributed by atoms with Crippen LogP contribution in [0.1, 0.15) is 316 Å². The van der Waals surface area contributed by atoms with E-state index >= 15 is 0 Å². The highest BCUT2D eigenvalue weighted by Crippen LogP contribution is 2.70. The second-order valence-corrected chi connectivity index (χ2v) is 46.4. The highest BCUT2D eigenvalue weighted by atomic mass is 16.6. The van der Waals surface area contributed by atoms with Crippen LogP contribution in [-0.4, -0.2) is 145 Å². The smallest absolute Gasteiger partial charge is 0.344 e. The van der Waals surface area contributed by atoms with Gasteiger partial charge in [0.2, 0.25) is 0 Å². The lowest BCUT2D eigenvalue weighted by Crippen LogP contribution is -2.60. The Morgan fingerprint density at radius 3 is 0.579 bits per heavy atom. The van der Waals surface area contributed by atoms with Crippen molar-refractivity contribution in [3.8, 4) is 46.0 Å². The van der Waals surface area contributed by atoms with Crippen molar-refractivity contribution in [3.63, 3.8) is 0 Å². The van der Waals surface area contributed by atoms with Crippen molar-refractivity contribution in [1.29, 1.82) is 0 Å². The fourth-order valence-corrected chi connectivity index (χ4v) is 31.2. The van der Waals surface area contributed by atoms with Gasteiger partial charge in [0.15, 0.2) is 26.4 Å². The first-order valence-electron chi connectivity index (χ1n) is 50.3. The summed E-state index contributed by atoms with van der Waals surface area (Å²) in [6, 6.07) is 38.3. The Hall–Kier alpha value is -12.1. The normalized spacial score (nSPS) is 33.7. The summed E-state index contributed by atoms with van der Waals surface area (Å²) in [6.45, 7) is 14.9. The van der Waals surface area contributed by atoms with Gasteiger partial charge >= 0.3 is 47.8 Å². The van der Waals surface area contributed by atoms with Gasteiger partial charge < -0.3 is 77.3 Å². The number of esters is 8. The molecule has 16 fully saturated rings. The van der Waals surface area contributed by atoms with E-state index in [1.165, 1.54) is 127 Å². The third-order valence-electron chi connectivity index (χ3n) is 37.0. The third-order valence-corrected chi connectivity index (χ3v) is 37.0. The molecule has 24 bridgehead atoms. The first-order valence-corrected chi connectivity index (χ1v) is 50.3. The number of phenols is 4. The molecular weight excluding hydrogens is 1780 g/mol. The van der Waals surface area contributed by atoms with Gasteiger partial charge in [-0.2, -0.15) is 0 Å². The Bertz CT molecular complexity index is 5490. The minimum atomic E-state index is -1.20. The van der Waals surface area contributed by atoms with Crippen LogP contribution in [0.3, 0.4) is 0 Å². The van der Waals surface area contributed by atoms with E-state index in [-0.39, 0.29) is 160 Å². The van der Waals surface area contributed by atoms with E-state index in [1.807, 2.05) is 27.7 Å². The minimum Gasteiger partial charge on any atom is -0.507 e. The lowest BCUT2D eigenvalue weighted by Gasteiger charge is -2.62. The highest BCUT2D eigenvalue weighted by molar-refractivity contribution is 5.93. The number of phenolic OH excluding ortho intramolecular Hbond substituents is 4. The highest BCUT2D eigenvalue weighted by Gasteiger charge is 2.65. The Morgan fingerprint density at radius 2 is 0.421 bits per heavy atom. The minimum absolute atomic E-state index is 0.0618. The summed E-state index contributed by atoms with van der Waals surface area (Å²) in [4.78, 5) is 114. The summed E-state index contributed by atoms with van der Waals surface area (Å²) >= 11 is 0. The van der Waals surface area contributed by atoms with E-state index < -0.39 is 120 Å². The first kappa shape index (κ1) is 94.2. The molecule has 0 aromatic heterocycles. The lowest BCUT2D eigenvalue weighted by atomic mass is 9.45. The van der Waals surface area contributed by atoms with Gasteiger partial charge in [-0.1, -0.05) is 76.2 Å². The van der Waals surface area contributed by atoms with E-state index in [1.54, 1.807) is 72.8 Å². The molecular formula is C116H128O24. The van der Waals surface area contributed by atoms with E-state index in [0.29, 0.717) is 68.2 Å². The number of carbonyl (C=O) groups is 8. The van der Waals surface area contributed by atoms with Crippen LogP contribution in [0.25, 0.3) is 0 Å². The Kier molecular flexibility index (Phi) is 23.5. The Labute approximate surface area is 816 Å². The number of carbonyl (C=O) groups excluding carboxylic acids is 8. The molecule has 4 N–H and O–H groups in total. The van der Waals surface area contributed by atoms with Gasteiger partial charge in [0.25, 0.3) is 0 Å². The van der Waals surface area contributed by atoms with Crippen molar-refractivity contribution >= 4 is 47.8 Å². The topological polar surface area (TPSA) is 328 Å². The molecule has 25 rings (SSSR count). The number of fused-ring (bicyclic) bond motifs is 8. The van der Waals surface area contributed by atoms with Crippen LogP contribution < -0.4 is 18.9 Å². The van der Waals surface area contributed by atoms with E-state index in [0.717, 1.165) is 103 Å². The molecule has 0 amide bonds. The summed E-state index contributed by atoms with van der Waals surface area (Å²) in [6.07, 6.45) is 20.2. The summed E-state index contributed by atoms with van der Waals surface area (Å²) in [5.74, 6) is -7.72. The molecule has 736 valence electrons. The Balaban J connectivity index is 0.682. The van der Waals surface area contributed by atoms with Crippen molar-refractivity contribution in [3.05, 3.63) is 235 Å². The van der Waals surface area contributed by atoms with Gasteiger partial charge in [-0.3, -0.25) is 0 Å². The maximum absolute atomic E-state index is 14.5. The lowest BCUT2D eigenvalue weighted by molar-refractivity contribution is -0.218. The maximum atomic E-state index is 14.5. The SMILES string of the molecule is COc1cc(O)c2cc1C(c1ccc(C(=O)OCC(=O)OC3(C)C4CC5CC3CC(C)(C5)C4)cc1)c1cc(c(OC)cc1O)C(c1ccc(C(=O)OCC(=O)OC3(C)C4CC5CC3CC(C)(C5)C4)cc1)c1cc(c(OC)cc1O)C(c1ccc(C(=O)OCC(=O)OC3(C)C4CC5CC3CC(C)(C5)C4)cc1)c1cc(c(OC)cc1O)C2c1ccc(C(=O)OCC(=O)OC2(C)C3CC4CC2CC(C)(C4)C3)cc1. The predicted molar refractivity (Wildman–Crippen MR) is 514 cm³/mol. The van der Waals surface area contributed by atoms with Crippen LogP contribution in [-0.2, 0) is 57.1 Å². The number of ether oxygens (including phenoxy) is 12. The molecule has 17 aliphatic rings. The third kappa shape index (κ3) is 16.6. The fraction of sp³-hybridized carbons (Fsp3) is 0.517. The second-order valence-electron chi connectivity index (χ2n) is 46.4.